The molecule has 0 aliphatic rings. The lowest BCUT2D eigenvalue weighted by molar-refractivity contribution is -0.111. The normalized spacial score (nSPS) is 10.3. The first kappa shape index (κ1) is 16.3. The molecule has 0 saturated carbocycles. The number of esters is 1. The van der Waals surface area contributed by atoms with E-state index in [4.69, 9.17) is 0 Å². The van der Waals surface area contributed by atoms with Gasteiger partial charge < -0.3 is 10.1 Å². The number of ether oxygens (including phenoxy) is 1. The molecule has 1 aromatic carbocycles. The van der Waals surface area contributed by atoms with E-state index in [2.05, 4.69) is 31.6 Å². The Morgan fingerprint density at radius 2 is 2.04 bits per heavy atom. The minimum atomic E-state index is -0.598. The van der Waals surface area contributed by atoms with Crippen molar-refractivity contribution < 1.29 is 14.3 Å². The number of carbonyl (C=O) groups excluding carboxylic acids is 2. The standard InChI is InChI=1S/C18H14N4O3/c1-3-16(23)21-13-6-7-19-14(9-13)11-4-5-12-10-20-17(18(24)25-2)22-15(12)8-11/h3-10H,1H2,2H3,(H,19,21,23). The lowest BCUT2D eigenvalue weighted by atomic mass is 10.1. The second kappa shape index (κ2) is 6.88. The first-order valence-corrected chi connectivity index (χ1v) is 7.35. The third kappa shape index (κ3) is 3.50. The maximum atomic E-state index is 11.6. The Bertz CT molecular complexity index is 985. The molecule has 0 saturated heterocycles. The Balaban J connectivity index is 2.00. The van der Waals surface area contributed by atoms with Crippen LogP contribution < -0.4 is 5.32 Å². The summed E-state index contributed by atoms with van der Waals surface area (Å²) in [4.78, 5) is 35.5. The fourth-order valence-electron chi connectivity index (χ4n) is 2.23. The molecule has 3 aromatic rings. The van der Waals surface area contributed by atoms with Gasteiger partial charge in [0.05, 0.1) is 18.3 Å². The topological polar surface area (TPSA) is 94.1 Å². The van der Waals surface area contributed by atoms with Gasteiger partial charge >= 0.3 is 5.97 Å². The molecule has 124 valence electrons. The molecule has 0 unspecified atom stereocenters. The number of hydrogen-bond donors (Lipinski definition) is 1. The quantitative estimate of drug-likeness (QED) is 0.582. The number of amides is 1. The monoisotopic (exact) mass is 334 g/mol. The van der Waals surface area contributed by atoms with Gasteiger partial charge in [0.15, 0.2) is 0 Å². The zero-order valence-corrected chi connectivity index (χ0v) is 13.4. The highest BCUT2D eigenvalue weighted by atomic mass is 16.5. The van der Waals surface area contributed by atoms with Crippen LogP contribution >= 0.6 is 0 Å². The number of nitrogens with zero attached hydrogens (tertiary/aromatic N) is 3. The molecular weight excluding hydrogens is 320 g/mol. The zero-order valence-electron chi connectivity index (χ0n) is 13.4. The lowest BCUT2D eigenvalue weighted by Gasteiger charge is -2.07. The highest BCUT2D eigenvalue weighted by Gasteiger charge is 2.11. The molecule has 25 heavy (non-hydrogen) atoms. The summed E-state index contributed by atoms with van der Waals surface area (Å²) in [5, 5.41) is 3.47. The van der Waals surface area contributed by atoms with E-state index in [1.807, 2.05) is 12.1 Å². The van der Waals surface area contributed by atoms with Gasteiger partial charge in [-0.2, -0.15) is 0 Å². The zero-order chi connectivity index (χ0) is 17.8. The Kier molecular flexibility index (Phi) is 4.47. The molecule has 0 atom stereocenters. The van der Waals surface area contributed by atoms with E-state index >= 15 is 0 Å². The van der Waals surface area contributed by atoms with Crippen LogP contribution in [0.3, 0.4) is 0 Å². The number of pyridine rings is 1. The van der Waals surface area contributed by atoms with Crippen molar-refractivity contribution in [3.05, 3.63) is 61.2 Å². The molecule has 0 aliphatic carbocycles. The predicted molar refractivity (Wildman–Crippen MR) is 92.9 cm³/mol. The molecule has 0 fully saturated rings. The Hall–Kier alpha value is -3.61. The summed E-state index contributed by atoms with van der Waals surface area (Å²) in [5.41, 5.74) is 2.64. The number of carbonyl (C=O) groups is 2. The third-order valence-corrected chi connectivity index (χ3v) is 3.46. The number of nitrogens with one attached hydrogen (secondary N) is 1. The van der Waals surface area contributed by atoms with Gasteiger partial charge in [-0.1, -0.05) is 18.7 Å². The lowest BCUT2D eigenvalue weighted by Crippen LogP contribution is -2.07. The van der Waals surface area contributed by atoms with Crippen molar-refractivity contribution in [3.8, 4) is 11.3 Å². The van der Waals surface area contributed by atoms with Gasteiger partial charge in [-0.05, 0) is 24.3 Å². The van der Waals surface area contributed by atoms with E-state index in [1.54, 1.807) is 30.6 Å². The van der Waals surface area contributed by atoms with Crippen LogP contribution in [-0.4, -0.2) is 33.9 Å². The highest BCUT2D eigenvalue weighted by Crippen LogP contribution is 2.23. The summed E-state index contributed by atoms with van der Waals surface area (Å²) < 4.78 is 4.64. The van der Waals surface area contributed by atoms with E-state index in [-0.39, 0.29) is 11.7 Å². The molecule has 0 aliphatic heterocycles. The van der Waals surface area contributed by atoms with Gasteiger partial charge in [0.25, 0.3) is 0 Å². The van der Waals surface area contributed by atoms with Crippen LogP contribution in [0.1, 0.15) is 10.6 Å². The van der Waals surface area contributed by atoms with Crippen LogP contribution in [0.5, 0.6) is 0 Å². The fraction of sp³-hybridized carbons (Fsp3) is 0.0556. The molecule has 0 radical (unpaired) electrons. The largest absolute Gasteiger partial charge is 0.463 e. The molecule has 2 heterocycles. The summed E-state index contributed by atoms with van der Waals surface area (Å²) in [7, 11) is 1.28. The van der Waals surface area contributed by atoms with Gasteiger partial charge in [-0.15, -0.1) is 0 Å². The van der Waals surface area contributed by atoms with Crippen LogP contribution in [0.4, 0.5) is 5.69 Å². The van der Waals surface area contributed by atoms with Crippen LogP contribution in [0.15, 0.2) is 55.4 Å². The molecule has 0 bridgehead atoms. The second-order valence-corrected chi connectivity index (χ2v) is 5.08. The fourth-order valence-corrected chi connectivity index (χ4v) is 2.23. The van der Waals surface area contributed by atoms with Gasteiger partial charge in [-0.3, -0.25) is 9.78 Å². The number of benzene rings is 1. The van der Waals surface area contributed by atoms with Crippen LogP contribution in [-0.2, 0) is 9.53 Å². The minimum absolute atomic E-state index is 0.00731. The van der Waals surface area contributed by atoms with Gasteiger partial charge in [0.1, 0.15) is 0 Å². The summed E-state index contributed by atoms with van der Waals surface area (Å²) in [6, 6.07) is 8.92. The molecule has 2 aromatic heterocycles. The number of rotatable bonds is 4. The summed E-state index contributed by atoms with van der Waals surface area (Å²) in [6.45, 7) is 3.42. The SMILES string of the molecule is C=CC(=O)Nc1ccnc(-c2ccc3cnc(C(=O)OC)nc3c2)c1. The number of aromatic nitrogens is 3. The van der Waals surface area contributed by atoms with E-state index in [1.165, 1.54) is 13.2 Å². The van der Waals surface area contributed by atoms with Crippen molar-refractivity contribution >= 4 is 28.5 Å². The van der Waals surface area contributed by atoms with E-state index in [0.717, 1.165) is 10.9 Å². The van der Waals surface area contributed by atoms with Crippen LogP contribution in [0.2, 0.25) is 0 Å². The average Bonchev–Trinajstić information content (AvgIpc) is 2.66. The van der Waals surface area contributed by atoms with Gasteiger partial charge in [-0.25, -0.2) is 14.8 Å². The molecule has 0 spiro atoms. The van der Waals surface area contributed by atoms with Crippen LogP contribution in [0, 0.1) is 0 Å². The van der Waals surface area contributed by atoms with E-state index in [0.29, 0.717) is 16.9 Å². The first-order valence-electron chi connectivity index (χ1n) is 7.35. The number of anilines is 1. The summed E-state index contributed by atoms with van der Waals surface area (Å²) >= 11 is 0. The summed E-state index contributed by atoms with van der Waals surface area (Å²) in [5.74, 6) is -0.905. The predicted octanol–water partition coefficient (Wildman–Crippen LogP) is 2.60. The smallest absolute Gasteiger partial charge is 0.376 e. The number of methoxy groups -OCH3 is 1. The molecular formula is C18H14N4O3. The average molecular weight is 334 g/mol. The third-order valence-electron chi connectivity index (χ3n) is 3.46. The van der Waals surface area contributed by atoms with Gasteiger partial charge in [0, 0.05) is 29.0 Å². The molecule has 3 rings (SSSR count). The Morgan fingerprint density at radius 1 is 1.20 bits per heavy atom. The van der Waals surface area contributed by atoms with Crippen molar-refractivity contribution in [2.75, 3.05) is 12.4 Å². The first-order chi connectivity index (χ1) is 12.1. The van der Waals surface area contributed by atoms with E-state index < -0.39 is 5.97 Å². The van der Waals surface area contributed by atoms with Crippen molar-refractivity contribution in [3.63, 3.8) is 0 Å². The number of fused-ring (bicyclic) bond motifs is 1. The van der Waals surface area contributed by atoms with Gasteiger partial charge in [0.2, 0.25) is 11.7 Å². The highest BCUT2D eigenvalue weighted by molar-refractivity contribution is 5.99. The molecule has 1 N–H and O–H groups in total. The van der Waals surface area contributed by atoms with Crippen molar-refractivity contribution in [2.24, 2.45) is 0 Å². The Labute approximate surface area is 143 Å². The summed E-state index contributed by atoms with van der Waals surface area (Å²) in [6.07, 6.45) is 4.35. The molecule has 7 nitrogen and oxygen atoms in total. The van der Waals surface area contributed by atoms with Crippen LogP contribution in [0.25, 0.3) is 22.2 Å². The molecule has 1 amide bonds. The second-order valence-electron chi connectivity index (χ2n) is 5.08. The molecule has 7 heteroatoms. The minimum Gasteiger partial charge on any atom is -0.463 e. The maximum Gasteiger partial charge on any atom is 0.376 e. The maximum absolute atomic E-state index is 11.6. The van der Waals surface area contributed by atoms with E-state index in [9.17, 15) is 9.59 Å². The van der Waals surface area contributed by atoms with Crippen molar-refractivity contribution in [1.29, 1.82) is 0 Å². The number of hydrogen-bond acceptors (Lipinski definition) is 6. The van der Waals surface area contributed by atoms with Crippen molar-refractivity contribution in [1.82, 2.24) is 15.0 Å². The Morgan fingerprint density at radius 3 is 2.80 bits per heavy atom. The van der Waals surface area contributed by atoms with Crippen molar-refractivity contribution in [2.45, 2.75) is 0 Å².